The molecule has 2 aromatic carbocycles. The van der Waals surface area contributed by atoms with Crippen LogP contribution in [0.15, 0.2) is 48.0 Å². The predicted octanol–water partition coefficient (Wildman–Crippen LogP) is 4.56. The van der Waals surface area contributed by atoms with Gasteiger partial charge in [-0.3, -0.25) is 4.99 Å². The van der Waals surface area contributed by atoms with Gasteiger partial charge in [-0.05, 0) is 34.9 Å². The van der Waals surface area contributed by atoms with E-state index in [0.29, 0.717) is 0 Å². The van der Waals surface area contributed by atoms with E-state index in [9.17, 15) is 0 Å². The average molecular weight is 235 g/mol. The Hall–Kier alpha value is -2.15. The molecule has 2 aromatic rings. The van der Waals surface area contributed by atoms with Gasteiger partial charge in [0.05, 0.1) is 0 Å². The number of aliphatic imine (C=N–C) groups is 1. The molecule has 0 aliphatic carbocycles. The molecule has 1 heteroatoms. The van der Waals surface area contributed by atoms with E-state index in [1.54, 1.807) is 7.05 Å². The van der Waals surface area contributed by atoms with Gasteiger partial charge in [-0.2, -0.15) is 0 Å². The molecular weight excluding hydrogens is 218 g/mol. The SMILES string of the molecule is C=Cc1c(/C=C\C)cc2ccccc2c1C=NC. The third kappa shape index (κ3) is 2.12. The predicted molar refractivity (Wildman–Crippen MR) is 82.3 cm³/mol. The molecule has 0 saturated heterocycles. The van der Waals surface area contributed by atoms with Gasteiger partial charge in [0.2, 0.25) is 0 Å². The quantitative estimate of drug-likeness (QED) is 0.691. The number of benzene rings is 2. The van der Waals surface area contributed by atoms with Gasteiger partial charge in [-0.15, -0.1) is 0 Å². The maximum absolute atomic E-state index is 4.17. The summed E-state index contributed by atoms with van der Waals surface area (Å²) >= 11 is 0. The second kappa shape index (κ2) is 5.46. The van der Waals surface area contributed by atoms with Gasteiger partial charge < -0.3 is 0 Å². The Kier molecular flexibility index (Phi) is 3.73. The highest BCUT2D eigenvalue weighted by atomic mass is 14.6. The van der Waals surface area contributed by atoms with Crippen LogP contribution in [0.5, 0.6) is 0 Å². The smallest absolute Gasteiger partial charge is 0.0293 e. The summed E-state index contributed by atoms with van der Waals surface area (Å²) < 4.78 is 0. The molecule has 18 heavy (non-hydrogen) atoms. The largest absolute Gasteiger partial charge is 0.296 e. The Morgan fingerprint density at radius 3 is 2.61 bits per heavy atom. The molecule has 0 heterocycles. The number of rotatable bonds is 3. The first kappa shape index (κ1) is 12.3. The third-order valence-electron chi connectivity index (χ3n) is 2.97. The highest BCUT2D eigenvalue weighted by Gasteiger charge is 2.07. The molecule has 2 rings (SSSR count). The Balaban J connectivity index is 2.91. The molecule has 0 atom stereocenters. The normalized spacial score (nSPS) is 11.7. The van der Waals surface area contributed by atoms with Gasteiger partial charge in [0.1, 0.15) is 0 Å². The second-order valence-corrected chi connectivity index (χ2v) is 4.11. The summed E-state index contributed by atoms with van der Waals surface area (Å²) in [6.07, 6.45) is 7.96. The number of allylic oxidation sites excluding steroid dienone is 1. The molecule has 0 aliphatic rings. The van der Waals surface area contributed by atoms with Gasteiger partial charge >= 0.3 is 0 Å². The summed E-state index contributed by atoms with van der Waals surface area (Å²) in [6, 6.07) is 10.6. The molecule has 1 nitrogen and oxygen atoms in total. The van der Waals surface area contributed by atoms with E-state index in [4.69, 9.17) is 0 Å². The van der Waals surface area contributed by atoms with E-state index in [0.717, 1.165) is 11.1 Å². The van der Waals surface area contributed by atoms with Crippen molar-refractivity contribution in [2.45, 2.75) is 6.92 Å². The summed E-state index contributed by atoms with van der Waals surface area (Å²) in [5.74, 6) is 0. The maximum Gasteiger partial charge on any atom is 0.0293 e. The summed E-state index contributed by atoms with van der Waals surface area (Å²) in [5, 5.41) is 2.44. The lowest BCUT2D eigenvalue weighted by Gasteiger charge is -2.10. The minimum Gasteiger partial charge on any atom is -0.296 e. The number of nitrogens with zero attached hydrogens (tertiary/aromatic N) is 1. The fourth-order valence-corrected chi connectivity index (χ4v) is 2.23. The van der Waals surface area contributed by atoms with Crippen LogP contribution < -0.4 is 0 Å². The summed E-state index contributed by atoms with van der Waals surface area (Å²) in [6.45, 7) is 5.95. The Bertz CT molecular complexity index is 633. The van der Waals surface area contributed by atoms with Crippen molar-refractivity contribution in [3.63, 3.8) is 0 Å². The van der Waals surface area contributed by atoms with Crippen molar-refractivity contribution in [1.29, 1.82) is 0 Å². The van der Waals surface area contributed by atoms with Crippen LogP contribution in [-0.2, 0) is 0 Å². The van der Waals surface area contributed by atoms with E-state index in [1.807, 2.05) is 25.3 Å². The first-order chi connectivity index (χ1) is 8.81. The summed E-state index contributed by atoms with van der Waals surface area (Å²) in [5.41, 5.74) is 3.46. The topological polar surface area (TPSA) is 12.4 Å². The third-order valence-corrected chi connectivity index (χ3v) is 2.97. The zero-order valence-corrected chi connectivity index (χ0v) is 10.9. The van der Waals surface area contributed by atoms with Crippen LogP contribution in [0.2, 0.25) is 0 Å². The van der Waals surface area contributed by atoms with Crippen LogP contribution in [-0.4, -0.2) is 13.3 Å². The van der Waals surface area contributed by atoms with Crippen LogP contribution in [0.3, 0.4) is 0 Å². The van der Waals surface area contributed by atoms with Crippen LogP contribution in [0.25, 0.3) is 22.9 Å². The lowest BCUT2D eigenvalue weighted by Crippen LogP contribution is -1.93. The number of fused-ring (bicyclic) bond motifs is 1. The van der Waals surface area contributed by atoms with Crippen molar-refractivity contribution >= 4 is 29.1 Å². The Labute approximate surface area is 108 Å². The van der Waals surface area contributed by atoms with Crippen molar-refractivity contribution in [3.8, 4) is 0 Å². The highest BCUT2D eigenvalue weighted by molar-refractivity contribution is 6.05. The first-order valence-electron chi connectivity index (χ1n) is 6.05. The van der Waals surface area contributed by atoms with Crippen molar-refractivity contribution in [2.75, 3.05) is 7.05 Å². The molecule has 0 spiro atoms. The highest BCUT2D eigenvalue weighted by Crippen LogP contribution is 2.26. The van der Waals surface area contributed by atoms with Crippen LogP contribution in [0.4, 0.5) is 0 Å². The van der Waals surface area contributed by atoms with Gasteiger partial charge in [0.25, 0.3) is 0 Å². The van der Waals surface area contributed by atoms with Gasteiger partial charge in [0, 0.05) is 18.8 Å². The van der Waals surface area contributed by atoms with Crippen LogP contribution in [0.1, 0.15) is 23.6 Å². The zero-order valence-electron chi connectivity index (χ0n) is 10.9. The van der Waals surface area contributed by atoms with E-state index >= 15 is 0 Å². The molecule has 0 bridgehead atoms. The average Bonchev–Trinajstić information content (AvgIpc) is 2.39. The molecule has 0 aromatic heterocycles. The molecule has 0 aliphatic heterocycles. The van der Waals surface area contributed by atoms with E-state index in [-0.39, 0.29) is 0 Å². The van der Waals surface area contributed by atoms with Crippen molar-refractivity contribution in [2.24, 2.45) is 4.99 Å². The fraction of sp³-hybridized carbons (Fsp3) is 0.118. The summed E-state index contributed by atoms with van der Waals surface area (Å²) in [4.78, 5) is 4.17. The van der Waals surface area contributed by atoms with E-state index in [1.165, 1.54) is 16.3 Å². The molecule has 0 unspecified atom stereocenters. The Morgan fingerprint density at radius 2 is 1.94 bits per heavy atom. The molecule has 0 saturated carbocycles. The van der Waals surface area contributed by atoms with Crippen LogP contribution in [0, 0.1) is 0 Å². The van der Waals surface area contributed by atoms with Crippen molar-refractivity contribution in [1.82, 2.24) is 0 Å². The lowest BCUT2D eigenvalue weighted by atomic mass is 9.94. The van der Waals surface area contributed by atoms with Gasteiger partial charge in [0.15, 0.2) is 0 Å². The number of hydrogen-bond acceptors (Lipinski definition) is 1. The van der Waals surface area contributed by atoms with E-state index < -0.39 is 0 Å². The first-order valence-corrected chi connectivity index (χ1v) is 6.05. The minimum absolute atomic E-state index is 1.14. The monoisotopic (exact) mass is 235 g/mol. The minimum atomic E-state index is 1.14. The fourth-order valence-electron chi connectivity index (χ4n) is 2.23. The van der Waals surface area contributed by atoms with Gasteiger partial charge in [-0.1, -0.05) is 49.1 Å². The molecule has 0 amide bonds. The van der Waals surface area contributed by atoms with Crippen molar-refractivity contribution in [3.05, 3.63) is 59.7 Å². The summed E-state index contributed by atoms with van der Waals surface area (Å²) in [7, 11) is 1.80. The molecule has 90 valence electrons. The molecular formula is C17H17N. The molecule has 0 N–H and O–H groups in total. The number of hydrogen-bond donors (Lipinski definition) is 0. The second-order valence-electron chi connectivity index (χ2n) is 4.11. The van der Waals surface area contributed by atoms with Crippen LogP contribution >= 0.6 is 0 Å². The van der Waals surface area contributed by atoms with Crippen molar-refractivity contribution < 1.29 is 0 Å². The maximum atomic E-state index is 4.17. The Morgan fingerprint density at radius 1 is 1.17 bits per heavy atom. The van der Waals surface area contributed by atoms with Gasteiger partial charge in [-0.25, -0.2) is 0 Å². The zero-order chi connectivity index (χ0) is 13.0. The molecule has 0 radical (unpaired) electrons. The molecule has 0 fully saturated rings. The lowest BCUT2D eigenvalue weighted by molar-refractivity contribution is 1.46. The standard InChI is InChI=1S/C17H17N/c1-4-8-13-11-14-9-6-7-10-16(14)17(12-18-3)15(13)5-2/h4-12H,2H2,1,3H3/b8-4-,18-12?. The van der Waals surface area contributed by atoms with E-state index in [2.05, 4.69) is 48.0 Å².